The summed E-state index contributed by atoms with van der Waals surface area (Å²) in [7, 11) is -0.578. The van der Waals surface area contributed by atoms with E-state index in [0.717, 1.165) is 26.9 Å². The van der Waals surface area contributed by atoms with Crippen molar-refractivity contribution in [2.75, 3.05) is 0 Å². The molecule has 164 valence electrons. The van der Waals surface area contributed by atoms with Crippen LogP contribution in [0.4, 0.5) is 0 Å². The van der Waals surface area contributed by atoms with Gasteiger partial charge in [0.25, 0.3) is 0 Å². The molecule has 4 nitrogen and oxygen atoms in total. The normalized spacial score (nSPS) is 18.4. The Hall–Kier alpha value is -1.74. The van der Waals surface area contributed by atoms with Gasteiger partial charge in [0.1, 0.15) is 17.1 Å². The van der Waals surface area contributed by atoms with E-state index in [9.17, 15) is 4.55 Å². The van der Waals surface area contributed by atoms with Gasteiger partial charge >= 0.3 is 7.12 Å². The average molecular weight is 484 g/mol. The van der Waals surface area contributed by atoms with Gasteiger partial charge in [-0.25, -0.2) is 0 Å². The molecule has 0 bridgehead atoms. The number of hydrogen-bond acceptors (Lipinski definition) is 4. The molecule has 8 heteroatoms. The van der Waals surface area contributed by atoms with Crippen molar-refractivity contribution in [2.45, 2.75) is 43.8 Å². The van der Waals surface area contributed by atoms with E-state index in [0.29, 0.717) is 9.92 Å². The van der Waals surface area contributed by atoms with E-state index in [2.05, 4.69) is 0 Å². The summed E-state index contributed by atoms with van der Waals surface area (Å²) in [6.45, 7) is 8.18. The molecule has 0 aliphatic carbocycles. The number of rotatable bonds is 4. The maximum absolute atomic E-state index is 13.9. The minimum atomic E-state index is -1.49. The number of halogens is 1. The molecular formula is C24H23BClNO3S2. The Morgan fingerprint density at radius 3 is 2.22 bits per heavy atom. The van der Waals surface area contributed by atoms with Crippen LogP contribution in [0.1, 0.15) is 27.7 Å². The van der Waals surface area contributed by atoms with E-state index >= 15 is 0 Å². The lowest BCUT2D eigenvalue weighted by Crippen LogP contribution is -2.41. The second-order valence-corrected chi connectivity index (χ2v) is 11.6. The molecular weight excluding hydrogens is 461 g/mol. The van der Waals surface area contributed by atoms with Gasteiger partial charge in [-0.3, -0.25) is 0 Å². The molecule has 5 rings (SSSR count). The van der Waals surface area contributed by atoms with E-state index < -0.39 is 29.7 Å². The van der Waals surface area contributed by atoms with Crippen LogP contribution < -0.4 is 5.46 Å². The topological polar surface area (TPSA) is 46.5 Å². The molecule has 1 aliphatic heterocycles. The van der Waals surface area contributed by atoms with Crippen LogP contribution in [0, 0.1) is 0 Å². The summed E-state index contributed by atoms with van der Waals surface area (Å²) in [6, 6.07) is 19.2. The third kappa shape index (κ3) is 3.52. The molecule has 32 heavy (non-hydrogen) atoms. The van der Waals surface area contributed by atoms with Crippen molar-refractivity contribution in [3.05, 3.63) is 71.1 Å². The number of aromatic nitrogens is 1. The second kappa shape index (κ2) is 7.94. The van der Waals surface area contributed by atoms with Gasteiger partial charge in [-0.2, -0.15) is 3.97 Å². The SMILES string of the molecule is CC1(C)OB(c2c(-c3cccs3)n([S+]([O-])c3ccc(Cl)cc3)c3ccccc23)OC1(C)C. The highest BCUT2D eigenvalue weighted by atomic mass is 35.5. The van der Waals surface area contributed by atoms with Gasteiger partial charge < -0.3 is 13.9 Å². The summed E-state index contributed by atoms with van der Waals surface area (Å²) in [5, 5.41) is 3.60. The van der Waals surface area contributed by atoms with Crippen LogP contribution in [-0.2, 0) is 20.7 Å². The van der Waals surface area contributed by atoms with E-state index in [1.165, 1.54) is 0 Å². The summed E-state index contributed by atoms with van der Waals surface area (Å²) >= 11 is 6.19. The maximum Gasteiger partial charge on any atom is 0.497 e. The molecule has 1 saturated heterocycles. The highest BCUT2D eigenvalue weighted by molar-refractivity contribution is 7.90. The third-order valence-electron chi connectivity index (χ3n) is 6.30. The van der Waals surface area contributed by atoms with Gasteiger partial charge in [-0.15, -0.1) is 11.3 Å². The molecule has 4 aromatic rings. The molecule has 2 aromatic heterocycles. The Bertz CT molecular complexity index is 1250. The van der Waals surface area contributed by atoms with Crippen molar-refractivity contribution in [1.82, 2.24) is 3.97 Å². The van der Waals surface area contributed by atoms with E-state index in [-0.39, 0.29) is 0 Å². The zero-order valence-electron chi connectivity index (χ0n) is 18.3. The lowest BCUT2D eigenvalue weighted by Gasteiger charge is -2.32. The Balaban J connectivity index is 1.78. The van der Waals surface area contributed by atoms with Crippen LogP contribution in [0.2, 0.25) is 5.02 Å². The number of fused-ring (bicyclic) bond motifs is 1. The first-order chi connectivity index (χ1) is 15.2. The monoisotopic (exact) mass is 483 g/mol. The van der Waals surface area contributed by atoms with Crippen LogP contribution in [-0.4, -0.2) is 26.8 Å². The number of hydrogen-bond donors (Lipinski definition) is 0. The molecule has 0 spiro atoms. The van der Waals surface area contributed by atoms with Crippen LogP contribution in [0.25, 0.3) is 21.5 Å². The smallest absolute Gasteiger partial charge is 0.497 e. The van der Waals surface area contributed by atoms with Crippen molar-refractivity contribution in [3.63, 3.8) is 0 Å². The molecule has 3 heterocycles. The van der Waals surface area contributed by atoms with Gasteiger partial charge in [0.2, 0.25) is 0 Å². The van der Waals surface area contributed by atoms with E-state index in [4.69, 9.17) is 20.9 Å². The molecule has 2 aromatic carbocycles. The van der Waals surface area contributed by atoms with Gasteiger partial charge in [-0.05, 0) is 69.5 Å². The molecule has 0 saturated carbocycles. The zero-order chi connectivity index (χ0) is 22.7. The summed E-state index contributed by atoms with van der Waals surface area (Å²) in [5.74, 6) is 0. The minimum Gasteiger partial charge on any atom is -0.587 e. The predicted octanol–water partition coefficient (Wildman–Crippen LogP) is 5.89. The third-order valence-corrected chi connectivity index (χ3v) is 8.81. The Morgan fingerprint density at radius 1 is 0.938 bits per heavy atom. The Labute approximate surface area is 200 Å². The summed E-state index contributed by atoms with van der Waals surface area (Å²) in [4.78, 5) is 1.68. The number of nitrogens with zero attached hydrogens (tertiary/aromatic N) is 1. The molecule has 1 unspecified atom stereocenters. The summed E-state index contributed by atoms with van der Waals surface area (Å²) < 4.78 is 28.7. The van der Waals surface area contributed by atoms with Gasteiger partial charge in [-0.1, -0.05) is 35.9 Å². The molecule has 0 N–H and O–H groups in total. The van der Waals surface area contributed by atoms with Crippen molar-refractivity contribution >= 4 is 57.8 Å². The molecule has 1 fully saturated rings. The zero-order valence-corrected chi connectivity index (χ0v) is 20.7. The van der Waals surface area contributed by atoms with Crippen molar-refractivity contribution in [3.8, 4) is 10.6 Å². The predicted molar refractivity (Wildman–Crippen MR) is 134 cm³/mol. The van der Waals surface area contributed by atoms with Crippen molar-refractivity contribution in [1.29, 1.82) is 0 Å². The quantitative estimate of drug-likeness (QED) is 0.268. The molecule has 1 atom stereocenters. The van der Waals surface area contributed by atoms with E-state index in [1.807, 2.05) is 73.4 Å². The number of para-hydroxylation sites is 1. The lowest BCUT2D eigenvalue weighted by molar-refractivity contribution is 0.00578. The van der Waals surface area contributed by atoms with Gasteiger partial charge in [0.05, 0.1) is 21.6 Å². The second-order valence-electron chi connectivity index (χ2n) is 8.84. The number of thiophene rings is 1. The van der Waals surface area contributed by atoms with Gasteiger partial charge in [0.15, 0.2) is 4.90 Å². The molecule has 0 amide bonds. The standard InChI is InChI=1S/C24H23BClNO3S2/c1-23(2)24(3,4)30-25(29-23)21-18-8-5-6-9-19(18)27(22(21)20-10-7-15-31-20)32(28)17-13-11-16(26)12-14-17/h5-15H,1-4H3. The first-order valence-electron chi connectivity index (χ1n) is 10.4. The van der Waals surface area contributed by atoms with Crippen LogP contribution in [0.15, 0.2) is 70.9 Å². The number of benzene rings is 2. The summed E-state index contributed by atoms with van der Waals surface area (Å²) in [5.41, 5.74) is 1.66. The fraction of sp³-hybridized carbons (Fsp3) is 0.250. The summed E-state index contributed by atoms with van der Waals surface area (Å²) in [6.07, 6.45) is 0. The average Bonchev–Trinajstić information content (AvgIpc) is 3.43. The molecule has 0 radical (unpaired) electrons. The Kier molecular flexibility index (Phi) is 5.48. The van der Waals surface area contributed by atoms with Crippen molar-refractivity contribution in [2.24, 2.45) is 0 Å². The highest BCUT2D eigenvalue weighted by Gasteiger charge is 2.53. The Morgan fingerprint density at radius 2 is 1.59 bits per heavy atom. The fourth-order valence-electron chi connectivity index (χ4n) is 3.91. The molecule has 1 aliphatic rings. The van der Waals surface area contributed by atoms with Crippen molar-refractivity contribution < 1.29 is 13.9 Å². The highest BCUT2D eigenvalue weighted by Crippen LogP contribution is 2.40. The van der Waals surface area contributed by atoms with Crippen LogP contribution in [0.3, 0.4) is 0 Å². The van der Waals surface area contributed by atoms with Gasteiger partial charge in [0, 0.05) is 15.9 Å². The van der Waals surface area contributed by atoms with E-state index in [1.54, 1.807) is 35.6 Å². The lowest BCUT2D eigenvalue weighted by atomic mass is 9.76. The van der Waals surface area contributed by atoms with Crippen LogP contribution >= 0.6 is 22.9 Å². The maximum atomic E-state index is 13.9. The fourth-order valence-corrected chi connectivity index (χ4v) is 6.15. The van der Waals surface area contributed by atoms with Crippen LogP contribution in [0.5, 0.6) is 0 Å². The minimum absolute atomic E-state index is 0.483. The first kappa shape index (κ1) is 22.1. The largest absolute Gasteiger partial charge is 0.587 e. The first-order valence-corrected chi connectivity index (χ1v) is 12.8.